The van der Waals surface area contributed by atoms with Crippen LogP contribution in [-0.2, 0) is 22.7 Å². The van der Waals surface area contributed by atoms with Crippen LogP contribution in [0.2, 0.25) is 0 Å². The van der Waals surface area contributed by atoms with E-state index in [-0.39, 0.29) is 0 Å². The van der Waals surface area contributed by atoms with Gasteiger partial charge in [-0.25, -0.2) is 4.79 Å². The predicted molar refractivity (Wildman–Crippen MR) is 42.7 cm³/mol. The molecule has 0 fully saturated rings. The van der Waals surface area contributed by atoms with E-state index < -0.39 is 0 Å². The van der Waals surface area contributed by atoms with E-state index in [1.54, 1.807) is 6.07 Å². The normalized spacial score (nSPS) is 13.7. The smallest absolute Gasteiger partial charge is 0.240 e. The Morgan fingerprint density at radius 2 is 2.17 bits per heavy atom. The molecule has 1 aliphatic rings. The van der Waals surface area contributed by atoms with Gasteiger partial charge in [-0.05, 0) is 23.3 Å². The number of isocyanates is 1. The third kappa shape index (κ3) is 1.16. The van der Waals surface area contributed by atoms with E-state index in [0.717, 1.165) is 5.56 Å². The summed E-state index contributed by atoms with van der Waals surface area (Å²) in [6.07, 6.45) is 1.51. The van der Waals surface area contributed by atoms with Crippen molar-refractivity contribution in [3.63, 3.8) is 0 Å². The lowest BCUT2D eigenvalue weighted by molar-refractivity contribution is 0.134. The second kappa shape index (κ2) is 2.89. The standard InChI is InChI=1S/C9H7NO2/c11-6-10-9-2-1-7-4-12-5-8(7)3-9/h1-3H,4-5H2. The van der Waals surface area contributed by atoms with E-state index in [1.165, 1.54) is 11.6 Å². The predicted octanol–water partition coefficient (Wildman–Crippen LogP) is 1.68. The highest BCUT2D eigenvalue weighted by Gasteiger charge is 2.10. The zero-order chi connectivity index (χ0) is 8.39. The van der Waals surface area contributed by atoms with Crippen LogP contribution < -0.4 is 0 Å². The monoisotopic (exact) mass is 161 g/mol. The van der Waals surface area contributed by atoms with Crippen LogP contribution in [0, 0.1) is 0 Å². The van der Waals surface area contributed by atoms with Crippen molar-refractivity contribution in [1.82, 2.24) is 0 Å². The number of carbonyl (C=O) groups excluding carboxylic acids is 1. The van der Waals surface area contributed by atoms with Gasteiger partial charge in [0, 0.05) is 0 Å². The van der Waals surface area contributed by atoms with Crippen molar-refractivity contribution in [3.8, 4) is 0 Å². The van der Waals surface area contributed by atoms with Gasteiger partial charge in [0.05, 0.1) is 18.9 Å². The molecule has 0 radical (unpaired) electrons. The van der Waals surface area contributed by atoms with Gasteiger partial charge in [-0.3, -0.25) is 0 Å². The van der Waals surface area contributed by atoms with Crippen molar-refractivity contribution in [2.24, 2.45) is 4.99 Å². The van der Waals surface area contributed by atoms with E-state index in [1.807, 2.05) is 12.1 Å². The molecular weight excluding hydrogens is 154 g/mol. The number of benzene rings is 1. The molecule has 60 valence electrons. The van der Waals surface area contributed by atoms with E-state index in [0.29, 0.717) is 18.9 Å². The minimum absolute atomic E-state index is 0.623. The van der Waals surface area contributed by atoms with Gasteiger partial charge in [-0.2, -0.15) is 4.99 Å². The highest BCUT2D eigenvalue weighted by molar-refractivity contribution is 5.51. The SMILES string of the molecule is O=C=Nc1ccc2c(c1)COC2. The maximum absolute atomic E-state index is 9.95. The number of hydrogen-bond donors (Lipinski definition) is 0. The van der Waals surface area contributed by atoms with Gasteiger partial charge >= 0.3 is 0 Å². The molecule has 0 atom stereocenters. The summed E-state index contributed by atoms with van der Waals surface area (Å²) in [5, 5.41) is 0. The first kappa shape index (κ1) is 7.22. The summed E-state index contributed by atoms with van der Waals surface area (Å²) in [5.41, 5.74) is 2.94. The largest absolute Gasteiger partial charge is 0.372 e. The van der Waals surface area contributed by atoms with Crippen molar-refractivity contribution in [2.45, 2.75) is 13.2 Å². The first-order valence-electron chi connectivity index (χ1n) is 3.67. The first-order chi connectivity index (χ1) is 5.90. The summed E-state index contributed by atoms with van der Waals surface area (Å²) in [4.78, 5) is 13.5. The van der Waals surface area contributed by atoms with Gasteiger partial charge in [0.2, 0.25) is 6.08 Å². The fraction of sp³-hybridized carbons (Fsp3) is 0.222. The Balaban J connectivity index is 2.45. The Bertz CT molecular complexity index is 354. The maximum atomic E-state index is 9.95. The molecule has 1 aromatic carbocycles. The van der Waals surface area contributed by atoms with Crippen molar-refractivity contribution in [2.75, 3.05) is 0 Å². The molecule has 0 bridgehead atoms. The molecule has 3 heteroatoms. The van der Waals surface area contributed by atoms with Gasteiger partial charge in [0.25, 0.3) is 0 Å². The van der Waals surface area contributed by atoms with Gasteiger partial charge in [0.15, 0.2) is 0 Å². The lowest BCUT2D eigenvalue weighted by Crippen LogP contribution is -1.79. The van der Waals surface area contributed by atoms with Crippen LogP contribution in [0.25, 0.3) is 0 Å². The average molecular weight is 161 g/mol. The topological polar surface area (TPSA) is 38.7 Å². The quantitative estimate of drug-likeness (QED) is 0.464. The molecule has 0 saturated heterocycles. The molecule has 0 N–H and O–H groups in total. The van der Waals surface area contributed by atoms with Crippen molar-refractivity contribution in [1.29, 1.82) is 0 Å². The molecule has 12 heavy (non-hydrogen) atoms. The van der Waals surface area contributed by atoms with Crippen molar-refractivity contribution < 1.29 is 9.53 Å². The molecule has 0 aromatic heterocycles. The van der Waals surface area contributed by atoms with E-state index in [4.69, 9.17) is 4.74 Å². The Kier molecular flexibility index (Phi) is 1.74. The van der Waals surface area contributed by atoms with Crippen LogP contribution in [0.1, 0.15) is 11.1 Å². The van der Waals surface area contributed by atoms with E-state index >= 15 is 0 Å². The second-order valence-electron chi connectivity index (χ2n) is 2.65. The highest BCUT2D eigenvalue weighted by Crippen LogP contribution is 2.24. The van der Waals surface area contributed by atoms with Crippen LogP contribution in [0.15, 0.2) is 23.2 Å². The fourth-order valence-electron chi connectivity index (χ4n) is 1.28. The molecule has 3 nitrogen and oxygen atoms in total. The summed E-state index contributed by atoms with van der Waals surface area (Å²) in [7, 11) is 0. The Morgan fingerprint density at radius 3 is 3.00 bits per heavy atom. The lowest BCUT2D eigenvalue weighted by Gasteiger charge is -1.95. The summed E-state index contributed by atoms with van der Waals surface area (Å²) in [6, 6.07) is 5.57. The van der Waals surface area contributed by atoms with Crippen molar-refractivity contribution in [3.05, 3.63) is 29.3 Å². The fourth-order valence-corrected chi connectivity index (χ4v) is 1.28. The molecule has 0 saturated carbocycles. The Morgan fingerprint density at radius 1 is 1.33 bits per heavy atom. The average Bonchev–Trinajstić information content (AvgIpc) is 2.51. The minimum atomic E-state index is 0.623. The second-order valence-corrected chi connectivity index (χ2v) is 2.65. The third-order valence-electron chi connectivity index (χ3n) is 1.88. The van der Waals surface area contributed by atoms with Crippen LogP contribution in [0.4, 0.5) is 5.69 Å². The van der Waals surface area contributed by atoms with Crippen LogP contribution in [0.5, 0.6) is 0 Å². The van der Waals surface area contributed by atoms with Crippen LogP contribution in [0.3, 0.4) is 0 Å². The number of aliphatic imine (C=N–C) groups is 1. The Hall–Kier alpha value is -1.44. The molecular formula is C9H7NO2. The van der Waals surface area contributed by atoms with Crippen molar-refractivity contribution >= 4 is 11.8 Å². The summed E-state index contributed by atoms with van der Waals surface area (Å²) in [5.74, 6) is 0. The lowest BCUT2D eigenvalue weighted by atomic mass is 10.1. The zero-order valence-corrected chi connectivity index (χ0v) is 6.41. The molecule has 0 spiro atoms. The minimum Gasteiger partial charge on any atom is -0.372 e. The summed E-state index contributed by atoms with van der Waals surface area (Å²) in [6.45, 7) is 1.29. The third-order valence-corrected chi connectivity index (χ3v) is 1.88. The summed E-state index contributed by atoms with van der Waals surface area (Å²) >= 11 is 0. The number of ether oxygens (including phenoxy) is 1. The molecule has 0 amide bonds. The van der Waals surface area contributed by atoms with E-state index in [9.17, 15) is 4.79 Å². The summed E-state index contributed by atoms with van der Waals surface area (Å²) < 4.78 is 5.21. The first-order valence-corrected chi connectivity index (χ1v) is 3.67. The number of rotatable bonds is 1. The molecule has 1 heterocycles. The van der Waals surface area contributed by atoms with Gasteiger partial charge in [-0.1, -0.05) is 6.07 Å². The van der Waals surface area contributed by atoms with Crippen LogP contribution in [-0.4, -0.2) is 6.08 Å². The molecule has 1 aliphatic heterocycles. The molecule has 0 aliphatic carbocycles. The van der Waals surface area contributed by atoms with Gasteiger partial charge in [0.1, 0.15) is 0 Å². The van der Waals surface area contributed by atoms with Gasteiger partial charge in [-0.15, -0.1) is 0 Å². The zero-order valence-electron chi connectivity index (χ0n) is 6.41. The molecule has 1 aromatic rings. The number of fused-ring (bicyclic) bond motifs is 1. The Labute approximate surface area is 69.7 Å². The van der Waals surface area contributed by atoms with Crippen LogP contribution >= 0.6 is 0 Å². The van der Waals surface area contributed by atoms with E-state index in [2.05, 4.69) is 4.99 Å². The molecule has 2 rings (SSSR count). The maximum Gasteiger partial charge on any atom is 0.240 e. The number of hydrogen-bond acceptors (Lipinski definition) is 3. The number of nitrogens with zero attached hydrogens (tertiary/aromatic N) is 1. The van der Waals surface area contributed by atoms with Gasteiger partial charge < -0.3 is 4.74 Å². The molecule has 0 unspecified atom stereocenters. The highest BCUT2D eigenvalue weighted by atomic mass is 16.5.